The number of fused-ring (bicyclic) bond motifs is 1. The molecule has 6 heteroatoms. The third kappa shape index (κ3) is 1.73. The third-order valence-corrected chi connectivity index (χ3v) is 2.99. The van der Waals surface area contributed by atoms with Gasteiger partial charge in [-0.3, -0.25) is 4.79 Å². The van der Waals surface area contributed by atoms with Gasteiger partial charge in [0.2, 0.25) is 0 Å². The Labute approximate surface area is 112 Å². The molecule has 0 amide bonds. The summed E-state index contributed by atoms with van der Waals surface area (Å²) < 4.78 is 5.02. The van der Waals surface area contributed by atoms with Gasteiger partial charge in [-0.15, -0.1) is 0 Å². The maximum atomic E-state index is 12.0. The summed E-state index contributed by atoms with van der Waals surface area (Å²) in [6.07, 6.45) is 0. The SMILES string of the molecule is Cc1cc(-c2c(O)c3cc(C#N)ccc3[nH]c2=O)on1. The standard InChI is InChI=1S/C14H9N3O3/c1-7-4-11(20-17-7)12-13(18)9-5-8(6-15)2-3-10(9)16-14(12)19/h2-5H,1H3,(H2,16,18,19). The second-order valence-electron chi connectivity index (χ2n) is 4.38. The van der Waals surface area contributed by atoms with Crippen molar-refractivity contribution in [2.75, 3.05) is 0 Å². The lowest BCUT2D eigenvalue weighted by molar-refractivity contribution is 0.421. The van der Waals surface area contributed by atoms with Crippen molar-refractivity contribution in [2.24, 2.45) is 0 Å². The Morgan fingerprint density at radius 1 is 1.40 bits per heavy atom. The number of nitriles is 1. The molecule has 2 heterocycles. The van der Waals surface area contributed by atoms with Crippen LogP contribution in [-0.4, -0.2) is 15.2 Å². The maximum Gasteiger partial charge on any atom is 0.263 e. The topological polar surface area (TPSA) is 103 Å². The van der Waals surface area contributed by atoms with Crippen LogP contribution >= 0.6 is 0 Å². The van der Waals surface area contributed by atoms with Gasteiger partial charge in [-0.25, -0.2) is 0 Å². The largest absolute Gasteiger partial charge is 0.506 e. The number of aromatic amines is 1. The van der Waals surface area contributed by atoms with Crippen LogP contribution in [0.2, 0.25) is 0 Å². The number of nitrogens with zero attached hydrogens (tertiary/aromatic N) is 2. The lowest BCUT2D eigenvalue weighted by atomic mass is 10.1. The molecule has 3 rings (SSSR count). The highest BCUT2D eigenvalue weighted by atomic mass is 16.5. The van der Waals surface area contributed by atoms with E-state index < -0.39 is 5.56 Å². The minimum atomic E-state index is -0.476. The number of nitrogens with one attached hydrogen (secondary N) is 1. The van der Waals surface area contributed by atoms with Crippen LogP contribution < -0.4 is 5.56 Å². The Balaban J connectivity index is 2.39. The smallest absolute Gasteiger partial charge is 0.263 e. The number of aromatic hydroxyl groups is 1. The second kappa shape index (κ2) is 4.24. The predicted molar refractivity (Wildman–Crippen MR) is 71.2 cm³/mol. The molecule has 0 radical (unpaired) electrons. The number of rotatable bonds is 1. The second-order valence-corrected chi connectivity index (χ2v) is 4.38. The van der Waals surface area contributed by atoms with E-state index in [9.17, 15) is 9.90 Å². The Hall–Kier alpha value is -3.07. The Kier molecular flexibility index (Phi) is 2.54. The zero-order valence-corrected chi connectivity index (χ0v) is 10.5. The summed E-state index contributed by atoms with van der Waals surface area (Å²) in [5.74, 6) is -0.0393. The molecule has 0 fully saturated rings. The molecule has 2 aromatic heterocycles. The van der Waals surface area contributed by atoms with Crippen molar-refractivity contribution < 1.29 is 9.63 Å². The van der Waals surface area contributed by atoms with Crippen LogP contribution in [0.25, 0.3) is 22.2 Å². The summed E-state index contributed by atoms with van der Waals surface area (Å²) >= 11 is 0. The molecule has 0 bridgehead atoms. The van der Waals surface area contributed by atoms with Crippen molar-refractivity contribution in [3.05, 3.63) is 45.9 Å². The first-order valence-electron chi connectivity index (χ1n) is 5.83. The van der Waals surface area contributed by atoms with Crippen LogP contribution in [0.5, 0.6) is 5.75 Å². The van der Waals surface area contributed by atoms with Crippen molar-refractivity contribution in [2.45, 2.75) is 6.92 Å². The number of aryl methyl sites for hydroxylation is 1. The molecular formula is C14H9N3O3. The fourth-order valence-corrected chi connectivity index (χ4v) is 2.06. The predicted octanol–water partition coefficient (Wildman–Crippen LogP) is 2.07. The Bertz CT molecular complexity index is 916. The molecule has 6 nitrogen and oxygen atoms in total. The minimum Gasteiger partial charge on any atom is -0.506 e. The van der Waals surface area contributed by atoms with Gasteiger partial charge in [0.1, 0.15) is 11.3 Å². The van der Waals surface area contributed by atoms with Gasteiger partial charge < -0.3 is 14.6 Å². The summed E-state index contributed by atoms with van der Waals surface area (Å²) in [5.41, 5.74) is 0.972. The van der Waals surface area contributed by atoms with Gasteiger partial charge >= 0.3 is 0 Å². The average molecular weight is 267 g/mol. The zero-order chi connectivity index (χ0) is 14.3. The molecule has 0 aliphatic heterocycles. The van der Waals surface area contributed by atoms with Crippen molar-refractivity contribution in [3.63, 3.8) is 0 Å². The van der Waals surface area contributed by atoms with Crippen LogP contribution in [-0.2, 0) is 0 Å². The highest BCUT2D eigenvalue weighted by Gasteiger charge is 2.17. The molecule has 0 spiro atoms. The van der Waals surface area contributed by atoms with Crippen LogP contribution in [0, 0.1) is 18.3 Å². The van der Waals surface area contributed by atoms with Crippen molar-refractivity contribution in [3.8, 4) is 23.1 Å². The van der Waals surface area contributed by atoms with Gasteiger partial charge in [-0.2, -0.15) is 5.26 Å². The van der Waals surface area contributed by atoms with Gasteiger partial charge in [0.25, 0.3) is 5.56 Å². The normalized spacial score (nSPS) is 10.6. The number of H-pyrrole nitrogens is 1. The van der Waals surface area contributed by atoms with Gasteiger partial charge in [0.05, 0.1) is 22.8 Å². The number of hydrogen-bond acceptors (Lipinski definition) is 5. The number of hydrogen-bond donors (Lipinski definition) is 2. The molecule has 0 unspecified atom stereocenters. The minimum absolute atomic E-state index is 0.00758. The third-order valence-electron chi connectivity index (χ3n) is 2.99. The summed E-state index contributed by atoms with van der Waals surface area (Å²) in [4.78, 5) is 14.7. The van der Waals surface area contributed by atoms with Crippen molar-refractivity contribution in [1.29, 1.82) is 5.26 Å². The van der Waals surface area contributed by atoms with Crippen molar-refractivity contribution >= 4 is 10.9 Å². The number of aromatic nitrogens is 2. The van der Waals surface area contributed by atoms with E-state index in [1.807, 2.05) is 6.07 Å². The van der Waals surface area contributed by atoms with E-state index in [0.717, 1.165) is 0 Å². The highest BCUT2D eigenvalue weighted by Crippen LogP contribution is 2.32. The van der Waals surface area contributed by atoms with Crippen LogP contribution in [0.3, 0.4) is 0 Å². The van der Waals surface area contributed by atoms with E-state index >= 15 is 0 Å². The summed E-state index contributed by atoms with van der Waals surface area (Å²) in [6.45, 7) is 1.72. The first kappa shape index (κ1) is 12.0. The molecule has 3 aromatic rings. The van der Waals surface area contributed by atoms with Gasteiger partial charge in [0.15, 0.2) is 5.76 Å². The van der Waals surface area contributed by atoms with E-state index in [2.05, 4.69) is 10.1 Å². The van der Waals surface area contributed by atoms with Gasteiger partial charge in [-0.1, -0.05) is 5.16 Å². The Morgan fingerprint density at radius 2 is 2.20 bits per heavy atom. The quantitative estimate of drug-likeness (QED) is 0.702. The average Bonchev–Trinajstić information content (AvgIpc) is 2.85. The molecule has 1 aromatic carbocycles. The van der Waals surface area contributed by atoms with Gasteiger partial charge in [-0.05, 0) is 25.1 Å². The molecule has 0 atom stereocenters. The summed E-state index contributed by atoms with van der Waals surface area (Å²) in [7, 11) is 0. The zero-order valence-electron chi connectivity index (χ0n) is 10.5. The summed E-state index contributed by atoms with van der Waals surface area (Å²) in [6, 6.07) is 8.19. The lowest BCUT2D eigenvalue weighted by Gasteiger charge is -2.05. The fourth-order valence-electron chi connectivity index (χ4n) is 2.06. The summed E-state index contributed by atoms with van der Waals surface area (Å²) in [5, 5.41) is 23.3. The lowest BCUT2D eigenvalue weighted by Crippen LogP contribution is -2.09. The molecule has 0 aliphatic carbocycles. The molecule has 0 saturated heterocycles. The van der Waals surface area contributed by atoms with E-state index in [4.69, 9.17) is 9.78 Å². The van der Waals surface area contributed by atoms with E-state index in [1.54, 1.807) is 25.1 Å². The molecule has 2 N–H and O–H groups in total. The first-order valence-corrected chi connectivity index (χ1v) is 5.83. The monoisotopic (exact) mass is 267 g/mol. The number of benzene rings is 1. The van der Waals surface area contributed by atoms with E-state index in [0.29, 0.717) is 22.2 Å². The van der Waals surface area contributed by atoms with Crippen LogP contribution in [0.15, 0.2) is 33.6 Å². The molecule has 98 valence electrons. The number of pyridine rings is 1. The Morgan fingerprint density at radius 3 is 2.85 bits per heavy atom. The fraction of sp³-hybridized carbons (Fsp3) is 0.0714. The van der Waals surface area contributed by atoms with Crippen LogP contribution in [0.4, 0.5) is 0 Å². The molecular weight excluding hydrogens is 258 g/mol. The highest BCUT2D eigenvalue weighted by molar-refractivity contribution is 5.91. The molecule has 0 aliphatic rings. The van der Waals surface area contributed by atoms with E-state index in [1.165, 1.54) is 6.07 Å². The first-order chi connectivity index (χ1) is 9.60. The van der Waals surface area contributed by atoms with E-state index in [-0.39, 0.29) is 17.1 Å². The van der Waals surface area contributed by atoms with Crippen molar-refractivity contribution in [1.82, 2.24) is 10.1 Å². The van der Waals surface area contributed by atoms with Gasteiger partial charge in [0, 0.05) is 11.5 Å². The van der Waals surface area contributed by atoms with Crippen LogP contribution in [0.1, 0.15) is 11.3 Å². The molecule has 0 saturated carbocycles. The molecule has 20 heavy (non-hydrogen) atoms. The maximum absolute atomic E-state index is 12.0.